The van der Waals surface area contributed by atoms with Crippen molar-refractivity contribution in [2.24, 2.45) is 0 Å². The first-order chi connectivity index (χ1) is 13.3. The van der Waals surface area contributed by atoms with Gasteiger partial charge in [-0.15, -0.1) is 0 Å². The zero-order valence-electron chi connectivity index (χ0n) is 14.6. The number of benzene rings is 2. The molecular formula is C20H19FN6. The highest BCUT2D eigenvalue weighted by Crippen LogP contribution is 2.19. The summed E-state index contributed by atoms with van der Waals surface area (Å²) >= 11 is 0. The minimum absolute atomic E-state index is 0.229. The van der Waals surface area contributed by atoms with Gasteiger partial charge in [-0.05, 0) is 29.7 Å². The van der Waals surface area contributed by atoms with Crippen LogP contribution in [0.1, 0.15) is 11.1 Å². The number of halogens is 1. The zero-order valence-corrected chi connectivity index (χ0v) is 14.6. The largest absolute Gasteiger partial charge is 0.364 e. The number of hydrogen-bond donors (Lipinski definition) is 3. The lowest BCUT2D eigenvalue weighted by molar-refractivity contribution is 0.627. The maximum absolute atomic E-state index is 13.0. The van der Waals surface area contributed by atoms with Gasteiger partial charge in [0.05, 0.1) is 6.33 Å². The number of anilines is 2. The molecule has 0 aliphatic heterocycles. The molecule has 7 heteroatoms. The third kappa shape index (κ3) is 4.20. The molecule has 0 spiro atoms. The lowest BCUT2D eigenvalue weighted by atomic mass is 10.1. The highest BCUT2D eigenvalue weighted by atomic mass is 19.1. The van der Waals surface area contributed by atoms with Crippen LogP contribution in [0.15, 0.2) is 60.9 Å². The SMILES string of the molecule is Fc1ccc(CCNc2nc(NCc3ccccc3)c3[nH]cnc3n2)cc1. The Labute approximate surface area is 155 Å². The Morgan fingerprint density at radius 1 is 0.889 bits per heavy atom. The van der Waals surface area contributed by atoms with Crippen LogP contribution in [-0.4, -0.2) is 26.5 Å². The van der Waals surface area contributed by atoms with E-state index < -0.39 is 0 Å². The van der Waals surface area contributed by atoms with E-state index in [0.717, 1.165) is 23.1 Å². The van der Waals surface area contributed by atoms with Crippen LogP contribution in [0.3, 0.4) is 0 Å². The van der Waals surface area contributed by atoms with Crippen LogP contribution in [-0.2, 0) is 13.0 Å². The Morgan fingerprint density at radius 2 is 1.70 bits per heavy atom. The molecular weight excluding hydrogens is 343 g/mol. The van der Waals surface area contributed by atoms with E-state index in [1.807, 2.05) is 18.2 Å². The van der Waals surface area contributed by atoms with Gasteiger partial charge in [-0.2, -0.15) is 9.97 Å². The van der Waals surface area contributed by atoms with E-state index in [0.29, 0.717) is 30.5 Å². The average molecular weight is 362 g/mol. The van der Waals surface area contributed by atoms with E-state index in [2.05, 4.69) is 42.7 Å². The lowest BCUT2D eigenvalue weighted by Crippen LogP contribution is -2.10. The molecule has 0 unspecified atom stereocenters. The predicted octanol–water partition coefficient (Wildman–Crippen LogP) is 3.76. The molecule has 0 aliphatic rings. The number of fused-ring (bicyclic) bond motifs is 1. The van der Waals surface area contributed by atoms with Gasteiger partial charge in [-0.25, -0.2) is 9.37 Å². The quantitative estimate of drug-likeness (QED) is 0.467. The first kappa shape index (κ1) is 17.0. The second-order valence-electron chi connectivity index (χ2n) is 6.14. The fourth-order valence-electron chi connectivity index (χ4n) is 2.79. The molecule has 0 saturated carbocycles. The van der Waals surface area contributed by atoms with Gasteiger partial charge >= 0.3 is 0 Å². The molecule has 2 heterocycles. The van der Waals surface area contributed by atoms with Crippen molar-refractivity contribution in [3.63, 3.8) is 0 Å². The molecule has 0 fully saturated rings. The number of hydrogen-bond acceptors (Lipinski definition) is 5. The van der Waals surface area contributed by atoms with Crippen LogP contribution in [0.5, 0.6) is 0 Å². The molecule has 4 rings (SSSR count). The Morgan fingerprint density at radius 3 is 2.52 bits per heavy atom. The summed E-state index contributed by atoms with van der Waals surface area (Å²) in [4.78, 5) is 16.3. The molecule has 0 bridgehead atoms. The van der Waals surface area contributed by atoms with Crippen molar-refractivity contribution in [3.8, 4) is 0 Å². The first-order valence-electron chi connectivity index (χ1n) is 8.75. The Bertz CT molecular complexity index is 1010. The van der Waals surface area contributed by atoms with Crippen LogP contribution >= 0.6 is 0 Å². The van der Waals surface area contributed by atoms with E-state index in [9.17, 15) is 4.39 Å². The van der Waals surface area contributed by atoms with E-state index in [1.165, 1.54) is 12.1 Å². The monoisotopic (exact) mass is 362 g/mol. The normalized spacial score (nSPS) is 10.9. The minimum atomic E-state index is -0.229. The van der Waals surface area contributed by atoms with Gasteiger partial charge in [0.15, 0.2) is 11.5 Å². The number of nitrogens with zero attached hydrogens (tertiary/aromatic N) is 3. The lowest BCUT2D eigenvalue weighted by Gasteiger charge is -2.10. The van der Waals surface area contributed by atoms with E-state index >= 15 is 0 Å². The number of nitrogens with one attached hydrogen (secondary N) is 3. The highest BCUT2D eigenvalue weighted by molar-refractivity contribution is 5.83. The molecule has 27 heavy (non-hydrogen) atoms. The summed E-state index contributed by atoms with van der Waals surface area (Å²) in [5, 5.41) is 6.56. The molecule has 0 amide bonds. The predicted molar refractivity (Wildman–Crippen MR) is 104 cm³/mol. The van der Waals surface area contributed by atoms with Crippen molar-refractivity contribution < 1.29 is 4.39 Å². The smallest absolute Gasteiger partial charge is 0.226 e. The highest BCUT2D eigenvalue weighted by Gasteiger charge is 2.09. The molecule has 4 aromatic rings. The van der Waals surface area contributed by atoms with Gasteiger partial charge in [0, 0.05) is 13.1 Å². The maximum Gasteiger partial charge on any atom is 0.226 e. The van der Waals surface area contributed by atoms with Gasteiger partial charge in [0.1, 0.15) is 11.3 Å². The fraction of sp³-hybridized carbons (Fsp3) is 0.150. The number of imidazole rings is 1. The van der Waals surface area contributed by atoms with Gasteiger partial charge in [-0.3, -0.25) is 0 Å². The summed E-state index contributed by atoms with van der Waals surface area (Å²) in [6.45, 7) is 1.29. The molecule has 136 valence electrons. The van der Waals surface area contributed by atoms with E-state index in [1.54, 1.807) is 18.5 Å². The van der Waals surface area contributed by atoms with Crippen LogP contribution in [0.4, 0.5) is 16.2 Å². The Kier molecular flexibility index (Phi) is 4.91. The summed E-state index contributed by atoms with van der Waals surface area (Å²) < 4.78 is 13.0. The summed E-state index contributed by atoms with van der Waals surface area (Å²) in [5.74, 6) is 0.978. The van der Waals surface area contributed by atoms with Gasteiger partial charge in [0.2, 0.25) is 5.95 Å². The fourth-order valence-corrected chi connectivity index (χ4v) is 2.79. The number of aromatic amines is 1. The maximum atomic E-state index is 13.0. The second kappa shape index (κ2) is 7.82. The van der Waals surface area contributed by atoms with Crippen LogP contribution in [0.25, 0.3) is 11.2 Å². The van der Waals surface area contributed by atoms with E-state index in [4.69, 9.17) is 0 Å². The molecule has 0 aliphatic carbocycles. The molecule has 3 N–H and O–H groups in total. The minimum Gasteiger partial charge on any atom is -0.364 e. The first-order valence-corrected chi connectivity index (χ1v) is 8.75. The molecule has 0 saturated heterocycles. The second-order valence-corrected chi connectivity index (χ2v) is 6.14. The number of H-pyrrole nitrogens is 1. The third-order valence-electron chi connectivity index (χ3n) is 4.20. The molecule has 2 aromatic carbocycles. The van der Waals surface area contributed by atoms with Crippen molar-refractivity contribution in [2.75, 3.05) is 17.2 Å². The summed E-state index contributed by atoms with van der Waals surface area (Å²) in [7, 11) is 0. The average Bonchev–Trinajstić information content (AvgIpc) is 3.17. The van der Waals surface area contributed by atoms with Gasteiger partial charge in [0.25, 0.3) is 0 Å². The Hall–Kier alpha value is -3.48. The molecule has 0 radical (unpaired) electrons. The van der Waals surface area contributed by atoms with Crippen LogP contribution in [0, 0.1) is 5.82 Å². The van der Waals surface area contributed by atoms with Gasteiger partial charge in [-0.1, -0.05) is 42.5 Å². The molecule has 2 aromatic heterocycles. The molecule has 0 atom stereocenters. The summed E-state index contributed by atoms with van der Waals surface area (Å²) in [6, 6.07) is 16.6. The van der Waals surface area contributed by atoms with Gasteiger partial charge < -0.3 is 15.6 Å². The van der Waals surface area contributed by atoms with Crippen molar-refractivity contribution in [2.45, 2.75) is 13.0 Å². The topological polar surface area (TPSA) is 78.5 Å². The van der Waals surface area contributed by atoms with Crippen LogP contribution < -0.4 is 10.6 Å². The molecule has 6 nitrogen and oxygen atoms in total. The van der Waals surface area contributed by atoms with Crippen molar-refractivity contribution in [3.05, 3.63) is 77.9 Å². The van der Waals surface area contributed by atoms with Crippen molar-refractivity contribution in [1.82, 2.24) is 19.9 Å². The summed E-state index contributed by atoms with van der Waals surface area (Å²) in [5.41, 5.74) is 3.58. The standard InChI is InChI=1S/C20H19FN6/c21-16-8-6-14(7-9-16)10-11-22-20-26-18(17-19(27-20)25-13-24-17)23-12-15-4-2-1-3-5-15/h1-9,13H,10-12H2,(H3,22,23,24,25,26,27). The number of rotatable bonds is 7. The van der Waals surface area contributed by atoms with Crippen molar-refractivity contribution in [1.29, 1.82) is 0 Å². The summed E-state index contributed by atoms with van der Waals surface area (Å²) in [6.07, 6.45) is 2.35. The zero-order chi connectivity index (χ0) is 18.5. The number of aromatic nitrogens is 4. The van der Waals surface area contributed by atoms with Crippen LogP contribution in [0.2, 0.25) is 0 Å². The third-order valence-corrected chi connectivity index (χ3v) is 4.20. The van der Waals surface area contributed by atoms with Crippen molar-refractivity contribution >= 4 is 22.9 Å². The van der Waals surface area contributed by atoms with E-state index in [-0.39, 0.29) is 5.82 Å². The Balaban J connectivity index is 1.45.